The lowest BCUT2D eigenvalue weighted by Gasteiger charge is -2.23. The topological polar surface area (TPSA) is 263 Å². The lowest BCUT2D eigenvalue weighted by atomic mass is 10.0. The molecule has 0 aliphatic carbocycles. The van der Waals surface area contributed by atoms with E-state index in [4.69, 9.17) is 49.5 Å². The van der Waals surface area contributed by atoms with Crippen LogP contribution in [-0.2, 0) is 73.1 Å². The highest BCUT2D eigenvalue weighted by molar-refractivity contribution is 6.33. The molecule has 2 saturated heterocycles. The van der Waals surface area contributed by atoms with Gasteiger partial charge in [0.15, 0.2) is 53.3 Å². The SMILES string of the molecule is CC(=O)OC[C@H]1O[C@@H](n2cnc3c(Cl)ncnc32)[C@H](OC(C)=O)[C@@H]1OC(C)=O.CCCCCCCCCCCCCCc1ncnc2c1ncn2[C@@H]1O[C@H](COC(C)=O)[C@@H](OC(C)=O)[C@H]1OC(C)=O. The summed E-state index contributed by atoms with van der Waals surface area (Å²) in [5, 5.41) is 0.138. The Morgan fingerprint density at radius 1 is 0.507 bits per heavy atom. The van der Waals surface area contributed by atoms with E-state index < -0.39 is 84.9 Å². The van der Waals surface area contributed by atoms with Crippen molar-refractivity contribution < 1.29 is 66.7 Å². The predicted molar refractivity (Wildman–Crippen MR) is 244 cm³/mol. The first kappa shape index (κ1) is 54.1. The first-order chi connectivity index (χ1) is 33.1. The molecule has 22 nitrogen and oxygen atoms in total. The number of hydrogen-bond donors (Lipinski definition) is 0. The van der Waals surface area contributed by atoms with Gasteiger partial charge in [-0.3, -0.25) is 37.9 Å². The van der Waals surface area contributed by atoms with E-state index in [0.717, 1.165) is 25.0 Å². The number of halogens is 1. The minimum absolute atomic E-state index is 0.138. The fourth-order valence-corrected chi connectivity index (χ4v) is 8.42. The molecular weight excluding hydrogens is 924 g/mol. The molecule has 0 unspecified atom stereocenters. The average Bonchev–Trinajstić information content (AvgIpc) is 4.07. The number of imidazole rings is 2. The summed E-state index contributed by atoms with van der Waals surface area (Å²) in [6.45, 7) is 9.32. The van der Waals surface area contributed by atoms with E-state index in [-0.39, 0.29) is 18.4 Å². The molecule has 0 N–H and O–H groups in total. The Bertz CT molecular complexity index is 2360. The Labute approximate surface area is 404 Å². The molecule has 0 spiro atoms. The van der Waals surface area contributed by atoms with Gasteiger partial charge in [0.1, 0.15) is 49.1 Å². The van der Waals surface area contributed by atoms with E-state index in [1.807, 2.05) is 0 Å². The summed E-state index contributed by atoms with van der Waals surface area (Å²) in [7, 11) is 0. The number of rotatable bonds is 23. The average molecular weight is 988 g/mol. The summed E-state index contributed by atoms with van der Waals surface area (Å²) in [5.41, 5.74) is 2.66. The van der Waals surface area contributed by atoms with Crippen molar-refractivity contribution in [1.82, 2.24) is 39.0 Å². The molecule has 69 heavy (non-hydrogen) atoms. The van der Waals surface area contributed by atoms with Crippen LogP contribution < -0.4 is 0 Å². The molecule has 0 radical (unpaired) electrons. The molecule has 8 atom stereocenters. The number of aromatic nitrogens is 8. The third kappa shape index (κ3) is 15.6. The van der Waals surface area contributed by atoms with E-state index in [1.54, 1.807) is 10.9 Å². The maximum Gasteiger partial charge on any atom is 0.303 e. The summed E-state index contributed by atoms with van der Waals surface area (Å²) in [4.78, 5) is 95.3. The highest BCUT2D eigenvalue weighted by Gasteiger charge is 2.52. The summed E-state index contributed by atoms with van der Waals surface area (Å²) < 4.78 is 47.0. The largest absolute Gasteiger partial charge is 0.463 e. The van der Waals surface area contributed by atoms with E-state index in [0.29, 0.717) is 22.3 Å². The van der Waals surface area contributed by atoms with Gasteiger partial charge in [-0.15, -0.1) is 0 Å². The van der Waals surface area contributed by atoms with Crippen molar-refractivity contribution in [2.45, 2.75) is 181 Å². The molecule has 4 aromatic rings. The zero-order chi connectivity index (χ0) is 50.0. The third-order valence-corrected chi connectivity index (χ3v) is 11.5. The molecule has 2 fully saturated rings. The first-order valence-electron chi connectivity index (χ1n) is 23.3. The normalized spacial score (nSPS) is 21.9. The molecule has 2 aliphatic heterocycles. The molecule has 23 heteroatoms. The predicted octanol–water partition coefficient (Wildman–Crippen LogP) is 6.20. The van der Waals surface area contributed by atoms with Gasteiger partial charge in [0.05, 0.1) is 18.3 Å². The smallest absolute Gasteiger partial charge is 0.303 e. The highest BCUT2D eigenvalue weighted by Crippen LogP contribution is 2.38. The standard InChI is InChI=1S/C30H46N4O7.C16H17ClN4O7/c1-5-6-7-8-9-10-11-12-13-14-15-16-17-24-26-29(32-19-31-24)34(20-33-26)30-28(40-23(4)37)27(39-22(3)36)25(41-30)18-38-21(2)35;1-7(22)25-4-10-12(26-8(2)23)13(27-9(3)24)16(28-10)21-6-20-11-14(17)18-5-19-15(11)21/h19-20,25,27-28,30H,5-18H2,1-4H3;5-6,10,12-13,16H,4H2,1-3H3/t25-,27-,28-,30-;10-,12-,13-,16-/m11/s1. The lowest BCUT2D eigenvalue weighted by molar-refractivity contribution is -0.166. The monoisotopic (exact) mass is 986 g/mol. The van der Waals surface area contributed by atoms with E-state index in [2.05, 4.69) is 36.8 Å². The van der Waals surface area contributed by atoms with Crippen molar-refractivity contribution in [3.05, 3.63) is 36.2 Å². The Hall–Kier alpha value is -5.87. The van der Waals surface area contributed by atoms with Crippen LogP contribution in [0.5, 0.6) is 0 Å². The van der Waals surface area contributed by atoms with Crippen LogP contribution >= 0.6 is 11.6 Å². The quantitative estimate of drug-likeness (QED) is 0.0347. The van der Waals surface area contributed by atoms with E-state index in [9.17, 15) is 28.8 Å². The van der Waals surface area contributed by atoms with Crippen molar-refractivity contribution in [2.24, 2.45) is 0 Å². The maximum atomic E-state index is 12.0. The van der Waals surface area contributed by atoms with Gasteiger partial charge < -0.3 is 37.9 Å². The van der Waals surface area contributed by atoms with Crippen LogP contribution in [0.15, 0.2) is 25.3 Å². The molecule has 6 rings (SSSR count). The first-order valence-corrected chi connectivity index (χ1v) is 23.7. The second kappa shape index (κ2) is 26.8. The van der Waals surface area contributed by atoms with Crippen LogP contribution in [0.3, 0.4) is 0 Å². The zero-order valence-corrected chi connectivity index (χ0v) is 41.0. The fourth-order valence-electron chi connectivity index (χ4n) is 8.25. The van der Waals surface area contributed by atoms with Gasteiger partial charge >= 0.3 is 35.8 Å². The van der Waals surface area contributed by atoms with Gasteiger partial charge in [0, 0.05) is 41.5 Å². The molecule has 378 valence electrons. The minimum Gasteiger partial charge on any atom is -0.463 e. The Balaban J connectivity index is 0.000000276. The van der Waals surface area contributed by atoms with Crippen molar-refractivity contribution in [3.8, 4) is 0 Å². The van der Waals surface area contributed by atoms with Crippen molar-refractivity contribution in [1.29, 1.82) is 0 Å². The molecule has 0 amide bonds. The Morgan fingerprint density at radius 2 is 0.899 bits per heavy atom. The number of fused-ring (bicyclic) bond motifs is 2. The Kier molecular flexibility index (Phi) is 21.0. The van der Waals surface area contributed by atoms with Gasteiger partial charge in [0.2, 0.25) is 0 Å². The van der Waals surface area contributed by atoms with E-state index in [1.165, 1.54) is 129 Å². The van der Waals surface area contributed by atoms with Crippen LogP contribution in [0.4, 0.5) is 0 Å². The van der Waals surface area contributed by atoms with Gasteiger partial charge in [-0.05, 0) is 12.8 Å². The number of carbonyl (C=O) groups is 6. The maximum absolute atomic E-state index is 12.0. The molecule has 0 saturated carbocycles. The molecule has 0 bridgehead atoms. The summed E-state index contributed by atoms with van der Waals surface area (Å²) in [6, 6.07) is 0. The van der Waals surface area contributed by atoms with Crippen molar-refractivity contribution in [2.75, 3.05) is 13.2 Å². The van der Waals surface area contributed by atoms with Gasteiger partial charge in [0.25, 0.3) is 0 Å². The molecule has 4 aromatic heterocycles. The molecule has 0 aromatic carbocycles. The van der Waals surface area contributed by atoms with E-state index >= 15 is 0 Å². The van der Waals surface area contributed by atoms with Crippen LogP contribution in [-0.4, -0.2) is 125 Å². The summed E-state index contributed by atoms with van der Waals surface area (Å²) >= 11 is 6.03. The molecule has 2 aliphatic rings. The van der Waals surface area contributed by atoms with Crippen LogP contribution in [0.2, 0.25) is 5.15 Å². The van der Waals surface area contributed by atoms with Gasteiger partial charge in [-0.25, -0.2) is 29.9 Å². The number of aryl methyl sites for hydroxylation is 1. The number of nitrogens with zero attached hydrogens (tertiary/aromatic N) is 8. The third-order valence-electron chi connectivity index (χ3n) is 11.2. The number of unbranched alkanes of at least 4 members (excludes halogenated alkanes) is 11. The Morgan fingerprint density at radius 3 is 1.33 bits per heavy atom. The van der Waals surface area contributed by atoms with Crippen LogP contribution in [0.1, 0.15) is 144 Å². The van der Waals surface area contributed by atoms with Gasteiger partial charge in [-0.2, -0.15) is 0 Å². The second-order valence-corrected chi connectivity index (χ2v) is 17.2. The second-order valence-electron chi connectivity index (χ2n) is 16.8. The molecular formula is C46H63ClN8O14. The minimum atomic E-state index is -1.03. The highest BCUT2D eigenvalue weighted by atomic mass is 35.5. The number of esters is 6. The summed E-state index contributed by atoms with van der Waals surface area (Å²) in [5.74, 6) is -3.41. The van der Waals surface area contributed by atoms with Crippen molar-refractivity contribution >= 4 is 69.7 Å². The van der Waals surface area contributed by atoms with Crippen LogP contribution in [0.25, 0.3) is 22.3 Å². The molecule has 6 heterocycles. The lowest BCUT2D eigenvalue weighted by Crippen LogP contribution is -2.40. The number of carbonyl (C=O) groups excluding carboxylic acids is 6. The van der Waals surface area contributed by atoms with Crippen LogP contribution in [0, 0.1) is 0 Å². The number of ether oxygens (including phenoxy) is 8. The summed E-state index contributed by atoms with van der Waals surface area (Å²) in [6.07, 6.45) is 14.2. The van der Waals surface area contributed by atoms with Gasteiger partial charge in [-0.1, -0.05) is 89.2 Å². The fraction of sp³-hybridized carbons (Fsp3) is 0.652. The van der Waals surface area contributed by atoms with Crippen molar-refractivity contribution in [3.63, 3.8) is 0 Å². The number of hydrogen-bond acceptors (Lipinski definition) is 20. The zero-order valence-electron chi connectivity index (χ0n) is 40.2.